The Morgan fingerprint density at radius 3 is 1.97 bits per heavy atom. The molecule has 7 nitrogen and oxygen atoms in total. The van der Waals surface area contributed by atoms with Crippen LogP contribution in [0.2, 0.25) is 0 Å². The van der Waals surface area contributed by atoms with Gasteiger partial charge in [-0.25, -0.2) is 9.29 Å². The van der Waals surface area contributed by atoms with Gasteiger partial charge in [0.15, 0.2) is 0 Å². The van der Waals surface area contributed by atoms with E-state index >= 15 is 4.39 Å². The Balaban J connectivity index is 1.94. The van der Waals surface area contributed by atoms with Gasteiger partial charge in [0, 0.05) is 10.8 Å². The van der Waals surface area contributed by atoms with Gasteiger partial charge in [0.05, 0.1) is 28.8 Å². The Morgan fingerprint density at radius 2 is 1.53 bits per heavy atom. The number of carbonyl (C=O) groups is 3. The van der Waals surface area contributed by atoms with Gasteiger partial charge in [-0.05, 0) is 38.0 Å². The maximum Gasteiger partial charge on any atom is 0.387 e. The fourth-order valence-corrected chi connectivity index (χ4v) is 4.36. The summed E-state index contributed by atoms with van der Waals surface area (Å²) in [7, 11) is 0. The number of benzene rings is 3. The number of nitrogens with zero attached hydrogens (tertiary/aromatic N) is 1. The summed E-state index contributed by atoms with van der Waals surface area (Å²) in [6.45, 7) is 1.70. The van der Waals surface area contributed by atoms with E-state index < -0.39 is 59.2 Å². The molecule has 0 aromatic heterocycles. The quantitative estimate of drug-likeness (QED) is 0.396. The van der Waals surface area contributed by atoms with Gasteiger partial charge >= 0.3 is 12.6 Å². The molecule has 0 bridgehead atoms. The molecule has 2 amide bonds. The highest BCUT2D eigenvalue weighted by atomic mass is 19.3. The first-order valence-electron chi connectivity index (χ1n) is 11.2. The van der Waals surface area contributed by atoms with Crippen molar-refractivity contribution in [3.05, 3.63) is 65.0 Å². The lowest BCUT2D eigenvalue weighted by molar-refractivity contribution is -0.138. The molecule has 1 unspecified atom stereocenters. The molecule has 0 fully saturated rings. The zero-order valence-corrected chi connectivity index (χ0v) is 19.6. The maximum atomic E-state index is 15.2. The van der Waals surface area contributed by atoms with Gasteiger partial charge in [-0.15, -0.1) is 0 Å². The standard InChI is InChI=1S/C26H22F3NO6/c1-4-14(25(33)34)13-9-10-18(17(27)11-13)30-23(31)19-20(24(30)32)22(36-26(28)29)16-8-6-5-7-15(16)21(19)35-12(2)3/h5-12,14,26H,4H2,1-3H3,(H,33,34). The fourth-order valence-electron chi connectivity index (χ4n) is 4.36. The zero-order valence-electron chi connectivity index (χ0n) is 19.6. The van der Waals surface area contributed by atoms with Crippen molar-refractivity contribution in [3.63, 3.8) is 0 Å². The van der Waals surface area contributed by atoms with Gasteiger partial charge in [0.25, 0.3) is 11.8 Å². The zero-order chi connectivity index (χ0) is 26.3. The van der Waals surface area contributed by atoms with Crippen LogP contribution in [0.15, 0.2) is 42.5 Å². The Morgan fingerprint density at radius 1 is 0.972 bits per heavy atom. The van der Waals surface area contributed by atoms with E-state index in [4.69, 9.17) is 9.47 Å². The van der Waals surface area contributed by atoms with Crippen molar-refractivity contribution in [3.8, 4) is 11.5 Å². The number of hydrogen-bond acceptors (Lipinski definition) is 5. The summed E-state index contributed by atoms with van der Waals surface area (Å²) in [6.07, 6.45) is -0.257. The number of rotatable bonds is 8. The molecule has 0 spiro atoms. The highest BCUT2D eigenvalue weighted by Crippen LogP contribution is 2.47. The molecule has 1 atom stereocenters. The number of anilines is 1. The van der Waals surface area contributed by atoms with E-state index in [1.54, 1.807) is 32.9 Å². The lowest BCUT2D eigenvalue weighted by Crippen LogP contribution is -2.30. The first-order chi connectivity index (χ1) is 17.1. The van der Waals surface area contributed by atoms with Crippen LogP contribution in [0.5, 0.6) is 11.5 Å². The number of fused-ring (bicyclic) bond motifs is 2. The average molecular weight is 501 g/mol. The minimum atomic E-state index is -3.30. The van der Waals surface area contributed by atoms with Crippen LogP contribution in [0.3, 0.4) is 0 Å². The average Bonchev–Trinajstić information content (AvgIpc) is 3.06. The van der Waals surface area contributed by atoms with Crippen molar-refractivity contribution in [2.75, 3.05) is 4.90 Å². The predicted octanol–water partition coefficient (Wildman–Crippen LogP) is 5.75. The highest BCUT2D eigenvalue weighted by Gasteiger charge is 2.45. The number of ether oxygens (including phenoxy) is 2. The minimum absolute atomic E-state index is 0.00739. The molecule has 0 saturated carbocycles. The maximum absolute atomic E-state index is 15.2. The van der Waals surface area contributed by atoms with Gasteiger partial charge < -0.3 is 14.6 Å². The Kier molecular flexibility index (Phi) is 6.62. The third kappa shape index (κ3) is 4.12. The molecule has 1 N–H and O–H groups in total. The summed E-state index contributed by atoms with van der Waals surface area (Å²) in [5, 5.41) is 9.76. The molecule has 10 heteroatoms. The van der Waals surface area contributed by atoms with Crippen molar-refractivity contribution < 1.29 is 42.1 Å². The van der Waals surface area contributed by atoms with Gasteiger partial charge in [-0.1, -0.05) is 37.3 Å². The Labute approximate surface area is 204 Å². The van der Waals surface area contributed by atoms with E-state index in [0.717, 1.165) is 12.1 Å². The van der Waals surface area contributed by atoms with Crippen LogP contribution in [0.1, 0.15) is 59.4 Å². The third-order valence-electron chi connectivity index (χ3n) is 5.84. The van der Waals surface area contributed by atoms with Crippen molar-refractivity contribution in [1.29, 1.82) is 0 Å². The molecule has 0 saturated heterocycles. The summed E-state index contributed by atoms with van der Waals surface area (Å²) in [4.78, 5) is 39.0. The SMILES string of the molecule is CCC(C(=O)O)c1ccc(N2C(=O)c3c(c(OC(F)F)c4ccccc4c3OC(C)C)C2=O)c(F)c1. The van der Waals surface area contributed by atoms with Gasteiger partial charge in [-0.2, -0.15) is 8.78 Å². The monoisotopic (exact) mass is 501 g/mol. The van der Waals surface area contributed by atoms with Crippen LogP contribution in [0.25, 0.3) is 10.8 Å². The topological polar surface area (TPSA) is 93.1 Å². The summed E-state index contributed by atoms with van der Waals surface area (Å²) in [6, 6.07) is 9.52. The second-order valence-electron chi connectivity index (χ2n) is 8.45. The van der Waals surface area contributed by atoms with E-state index in [0.29, 0.717) is 4.90 Å². The molecule has 4 rings (SSSR count). The highest BCUT2D eigenvalue weighted by molar-refractivity contribution is 6.38. The molecule has 0 radical (unpaired) electrons. The summed E-state index contributed by atoms with van der Waals surface area (Å²) >= 11 is 0. The van der Waals surface area contributed by atoms with Crippen molar-refractivity contribution in [2.45, 2.75) is 45.8 Å². The molecule has 1 aliphatic heterocycles. The molecule has 1 heterocycles. The number of hydrogen-bond donors (Lipinski definition) is 1. The Bertz CT molecular complexity index is 1320. The third-order valence-corrected chi connectivity index (χ3v) is 5.84. The molecular weight excluding hydrogens is 479 g/mol. The normalized spacial score (nSPS) is 14.1. The number of carboxylic acid groups (broad SMARTS) is 1. The van der Waals surface area contributed by atoms with E-state index in [-0.39, 0.29) is 34.1 Å². The van der Waals surface area contributed by atoms with Crippen molar-refractivity contribution in [1.82, 2.24) is 0 Å². The smallest absolute Gasteiger partial charge is 0.387 e. The van der Waals surface area contributed by atoms with Gasteiger partial charge in [0.1, 0.15) is 17.3 Å². The van der Waals surface area contributed by atoms with Crippen LogP contribution in [0.4, 0.5) is 18.9 Å². The molecule has 188 valence electrons. The molecular formula is C26H22F3NO6. The summed E-state index contributed by atoms with van der Waals surface area (Å²) < 4.78 is 52.5. The number of carboxylic acids is 1. The van der Waals surface area contributed by atoms with E-state index in [2.05, 4.69) is 0 Å². The van der Waals surface area contributed by atoms with Crippen LogP contribution < -0.4 is 14.4 Å². The molecule has 1 aliphatic rings. The van der Waals surface area contributed by atoms with Gasteiger partial charge in [0.2, 0.25) is 0 Å². The number of imide groups is 1. The Hall–Kier alpha value is -4.08. The number of aliphatic carboxylic acids is 1. The largest absolute Gasteiger partial charge is 0.489 e. The molecule has 3 aromatic rings. The predicted molar refractivity (Wildman–Crippen MR) is 125 cm³/mol. The second-order valence-corrected chi connectivity index (χ2v) is 8.45. The summed E-state index contributed by atoms with van der Waals surface area (Å²) in [5.41, 5.74) is -1.08. The second kappa shape index (κ2) is 9.52. The lowest BCUT2D eigenvalue weighted by Gasteiger charge is -2.18. The van der Waals surface area contributed by atoms with Crippen LogP contribution >= 0.6 is 0 Å². The molecule has 3 aromatic carbocycles. The van der Waals surface area contributed by atoms with E-state index in [9.17, 15) is 28.3 Å². The van der Waals surface area contributed by atoms with E-state index in [1.165, 1.54) is 18.2 Å². The molecule has 36 heavy (non-hydrogen) atoms. The first-order valence-corrected chi connectivity index (χ1v) is 11.2. The number of carbonyl (C=O) groups excluding carboxylic acids is 2. The summed E-state index contributed by atoms with van der Waals surface area (Å²) in [5.74, 6) is -5.73. The number of amides is 2. The number of halogens is 3. The van der Waals surface area contributed by atoms with Crippen LogP contribution in [0, 0.1) is 5.82 Å². The van der Waals surface area contributed by atoms with Crippen molar-refractivity contribution >= 4 is 34.2 Å². The minimum Gasteiger partial charge on any atom is -0.489 e. The van der Waals surface area contributed by atoms with Crippen LogP contribution in [-0.2, 0) is 4.79 Å². The van der Waals surface area contributed by atoms with Crippen molar-refractivity contribution in [2.24, 2.45) is 0 Å². The van der Waals surface area contributed by atoms with E-state index in [1.807, 2.05) is 0 Å². The first kappa shape index (κ1) is 25.0. The fraction of sp³-hybridized carbons (Fsp3) is 0.269. The lowest BCUT2D eigenvalue weighted by atomic mass is 9.96. The van der Waals surface area contributed by atoms with Crippen LogP contribution in [-0.4, -0.2) is 35.6 Å². The molecule has 0 aliphatic carbocycles. The number of alkyl halides is 2. The van der Waals surface area contributed by atoms with Gasteiger partial charge in [-0.3, -0.25) is 14.4 Å².